The number of alkyl halides is 3. The summed E-state index contributed by atoms with van der Waals surface area (Å²) in [6, 6.07) is 8.54. The van der Waals surface area contributed by atoms with Crippen molar-refractivity contribution in [2.24, 2.45) is 11.3 Å². The number of methoxy groups -OCH3 is 1. The predicted molar refractivity (Wildman–Crippen MR) is 147 cm³/mol. The summed E-state index contributed by atoms with van der Waals surface area (Å²) in [4.78, 5) is 30.2. The maximum absolute atomic E-state index is 14.2. The third-order valence-electron chi connectivity index (χ3n) is 9.75. The van der Waals surface area contributed by atoms with E-state index in [1.165, 1.54) is 25.3 Å². The number of amides is 1. The fourth-order valence-corrected chi connectivity index (χ4v) is 7.23. The van der Waals surface area contributed by atoms with Crippen LogP contribution in [0.1, 0.15) is 84.5 Å². The molecule has 222 valence electrons. The first kappa shape index (κ1) is 29.5. The lowest BCUT2D eigenvalue weighted by atomic mass is 9.73. The van der Waals surface area contributed by atoms with Crippen LogP contribution in [-0.2, 0) is 28.7 Å². The van der Waals surface area contributed by atoms with Crippen LogP contribution in [0.25, 0.3) is 0 Å². The number of nitrogens with zero attached hydrogens (tertiary/aromatic N) is 2. The van der Waals surface area contributed by atoms with E-state index in [4.69, 9.17) is 4.74 Å². The molecule has 0 spiro atoms. The minimum absolute atomic E-state index is 0.0584. The quantitative estimate of drug-likeness (QED) is 0.299. The fraction of sp³-hybridized carbons (Fsp3) is 0.562. The maximum atomic E-state index is 14.2. The first-order valence-electron chi connectivity index (χ1n) is 14.5. The SMILES string of the molecule is COC(=O)c1cc(F)cc(C2CCN([C@@H]3CC[C@@](C(=O)N4CCc5ccc(C(F)(F)F)cc5C4)(C(C)C)C3)CC2)c1. The highest BCUT2D eigenvalue weighted by Crippen LogP contribution is 2.49. The van der Waals surface area contributed by atoms with Crippen molar-refractivity contribution in [3.63, 3.8) is 0 Å². The molecule has 0 N–H and O–H groups in total. The number of carbonyl (C=O) groups is 2. The summed E-state index contributed by atoms with van der Waals surface area (Å²) in [7, 11) is 1.28. The van der Waals surface area contributed by atoms with Crippen LogP contribution >= 0.6 is 0 Å². The van der Waals surface area contributed by atoms with E-state index in [9.17, 15) is 27.2 Å². The van der Waals surface area contributed by atoms with E-state index in [0.717, 1.165) is 62.4 Å². The Morgan fingerprint density at radius 1 is 1.00 bits per heavy atom. The monoisotopic (exact) mass is 574 g/mol. The van der Waals surface area contributed by atoms with Crippen LogP contribution in [0.15, 0.2) is 36.4 Å². The van der Waals surface area contributed by atoms with Crippen LogP contribution in [0.2, 0.25) is 0 Å². The van der Waals surface area contributed by atoms with Crippen LogP contribution in [0.5, 0.6) is 0 Å². The number of rotatable bonds is 5. The summed E-state index contributed by atoms with van der Waals surface area (Å²) in [5, 5.41) is 0. The Balaban J connectivity index is 1.25. The van der Waals surface area contributed by atoms with Gasteiger partial charge in [-0.15, -0.1) is 0 Å². The van der Waals surface area contributed by atoms with Crippen molar-refractivity contribution in [3.8, 4) is 0 Å². The molecular formula is C32H38F4N2O3. The average Bonchev–Trinajstić information content (AvgIpc) is 3.42. The summed E-state index contributed by atoms with van der Waals surface area (Å²) in [5.74, 6) is -0.705. The van der Waals surface area contributed by atoms with E-state index in [2.05, 4.69) is 18.7 Å². The van der Waals surface area contributed by atoms with Crippen molar-refractivity contribution in [3.05, 3.63) is 70.0 Å². The molecule has 2 heterocycles. The smallest absolute Gasteiger partial charge is 0.416 e. The Kier molecular flexibility index (Phi) is 8.21. The number of fused-ring (bicyclic) bond motifs is 1. The molecule has 5 nitrogen and oxygen atoms in total. The molecule has 2 aromatic carbocycles. The van der Waals surface area contributed by atoms with Gasteiger partial charge in [-0.1, -0.05) is 19.9 Å². The van der Waals surface area contributed by atoms with Crippen LogP contribution in [0, 0.1) is 17.2 Å². The number of likely N-dealkylation sites (tertiary alicyclic amines) is 1. The average molecular weight is 575 g/mol. The van der Waals surface area contributed by atoms with Gasteiger partial charge in [0.05, 0.1) is 23.7 Å². The lowest BCUT2D eigenvalue weighted by Gasteiger charge is -2.41. The zero-order valence-electron chi connectivity index (χ0n) is 23.9. The van der Waals surface area contributed by atoms with Gasteiger partial charge in [-0.2, -0.15) is 13.2 Å². The van der Waals surface area contributed by atoms with Gasteiger partial charge in [0.15, 0.2) is 0 Å². The van der Waals surface area contributed by atoms with E-state index >= 15 is 0 Å². The molecule has 0 aromatic heterocycles. The second-order valence-electron chi connectivity index (χ2n) is 12.2. The van der Waals surface area contributed by atoms with E-state index in [1.807, 2.05) is 0 Å². The lowest BCUT2D eigenvalue weighted by molar-refractivity contribution is -0.146. The zero-order chi connectivity index (χ0) is 29.5. The molecule has 0 radical (unpaired) electrons. The molecule has 9 heteroatoms. The largest absolute Gasteiger partial charge is 0.465 e. The molecule has 1 aliphatic carbocycles. The highest BCUT2D eigenvalue weighted by Gasteiger charge is 2.51. The molecule has 41 heavy (non-hydrogen) atoms. The van der Waals surface area contributed by atoms with E-state index in [-0.39, 0.29) is 35.9 Å². The Labute approximate surface area is 238 Å². The Bertz CT molecular complexity index is 1300. The second-order valence-corrected chi connectivity index (χ2v) is 12.2. The molecule has 0 bridgehead atoms. The van der Waals surface area contributed by atoms with Gasteiger partial charge < -0.3 is 14.5 Å². The van der Waals surface area contributed by atoms with Crippen molar-refractivity contribution in [2.75, 3.05) is 26.7 Å². The summed E-state index contributed by atoms with van der Waals surface area (Å²) in [6.07, 6.45) is 0.178. The van der Waals surface area contributed by atoms with Gasteiger partial charge in [0.1, 0.15) is 5.82 Å². The van der Waals surface area contributed by atoms with Gasteiger partial charge in [-0.3, -0.25) is 4.79 Å². The van der Waals surface area contributed by atoms with Crippen LogP contribution in [0.3, 0.4) is 0 Å². The molecule has 1 saturated carbocycles. The van der Waals surface area contributed by atoms with Gasteiger partial charge in [0.25, 0.3) is 0 Å². The predicted octanol–water partition coefficient (Wildman–Crippen LogP) is 6.59. The maximum Gasteiger partial charge on any atom is 0.416 e. The lowest BCUT2D eigenvalue weighted by Crippen LogP contribution is -2.48. The van der Waals surface area contributed by atoms with Crippen molar-refractivity contribution in [2.45, 2.75) is 77.1 Å². The van der Waals surface area contributed by atoms with Crippen LogP contribution < -0.4 is 0 Å². The van der Waals surface area contributed by atoms with E-state index in [0.29, 0.717) is 18.5 Å². The highest BCUT2D eigenvalue weighted by atomic mass is 19.4. The molecule has 1 saturated heterocycles. The summed E-state index contributed by atoms with van der Waals surface area (Å²) >= 11 is 0. The number of benzene rings is 2. The number of piperidine rings is 1. The summed E-state index contributed by atoms with van der Waals surface area (Å²) in [6.45, 7) is 6.52. The standard InChI is InChI=1S/C32H38F4N2O3/c1-20(2)31(30(40)38-13-9-21-4-5-26(32(34,35)36)15-25(21)19-38)10-6-28(18-31)37-11-7-22(8-12-37)23-14-24(29(39)41-3)17-27(33)16-23/h4-5,14-17,20,22,28H,6-13,18-19H2,1-3H3/t28-,31+/m1/s1. The van der Waals surface area contributed by atoms with Gasteiger partial charge >= 0.3 is 12.1 Å². The van der Waals surface area contributed by atoms with Crippen molar-refractivity contribution in [1.82, 2.24) is 9.80 Å². The van der Waals surface area contributed by atoms with Crippen LogP contribution in [0.4, 0.5) is 17.6 Å². The van der Waals surface area contributed by atoms with E-state index in [1.54, 1.807) is 17.0 Å². The van der Waals surface area contributed by atoms with Gasteiger partial charge in [0.2, 0.25) is 5.91 Å². The molecule has 2 aromatic rings. The van der Waals surface area contributed by atoms with E-state index < -0.39 is 28.9 Å². The number of halogens is 4. The van der Waals surface area contributed by atoms with Gasteiger partial charge in [-0.05, 0) is 110 Å². The molecule has 1 amide bonds. The fourth-order valence-electron chi connectivity index (χ4n) is 7.23. The minimum atomic E-state index is -4.41. The van der Waals surface area contributed by atoms with Crippen molar-refractivity contribution >= 4 is 11.9 Å². The summed E-state index contributed by atoms with van der Waals surface area (Å²) < 4.78 is 59.0. The molecule has 2 aliphatic heterocycles. The number of hydrogen-bond acceptors (Lipinski definition) is 4. The summed E-state index contributed by atoms with van der Waals surface area (Å²) in [5.41, 5.74) is 1.28. The van der Waals surface area contributed by atoms with Crippen LogP contribution in [-0.4, -0.2) is 54.5 Å². The highest BCUT2D eigenvalue weighted by molar-refractivity contribution is 5.89. The second kappa shape index (κ2) is 11.4. The molecule has 5 rings (SSSR count). The molecule has 2 fully saturated rings. The normalized spacial score (nSPS) is 24.0. The first-order valence-corrected chi connectivity index (χ1v) is 14.5. The molecular weight excluding hydrogens is 536 g/mol. The Morgan fingerprint density at radius 2 is 1.73 bits per heavy atom. The third kappa shape index (κ3) is 5.87. The van der Waals surface area contributed by atoms with Gasteiger partial charge in [0, 0.05) is 19.1 Å². The number of carbonyl (C=O) groups excluding carboxylic acids is 2. The van der Waals surface area contributed by atoms with Crippen molar-refractivity contribution in [1.29, 1.82) is 0 Å². The molecule has 2 atom stereocenters. The van der Waals surface area contributed by atoms with Gasteiger partial charge in [-0.25, -0.2) is 9.18 Å². The first-order chi connectivity index (χ1) is 19.4. The Hall–Kier alpha value is -2.94. The minimum Gasteiger partial charge on any atom is -0.465 e. The topological polar surface area (TPSA) is 49.9 Å². The number of ether oxygens (including phenoxy) is 1. The third-order valence-corrected chi connectivity index (χ3v) is 9.75. The zero-order valence-corrected chi connectivity index (χ0v) is 23.9. The molecule has 0 unspecified atom stereocenters. The number of hydrogen-bond donors (Lipinski definition) is 0. The Morgan fingerprint density at radius 3 is 2.39 bits per heavy atom. The van der Waals surface area contributed by atoms with Crippen molar-refractivity contribution < 1.29 is 31.9 Å². The number of esters is 1. The molecule has 3 aliphatic rings.